The summed E-state index contributed by atoms with van der Waals surface area (Å²) in [5.74, 6) is -0.117. The van der Waals surface area contributed by atoms with Crippen LogP contribution in [0.3, 0.4) is 0 Å². The zero-order valence-corrected chi connectivity index (χ0v) is 17.0. The molecule has 2 aromatic carbocycles. The summed E-state index contributed by atoms with van der Waals surface area (Å²) < 4.78 is 3.78. The topological polar surface area (TPSA) is 68.4 Å². The predicted molar refractivity (Wildman–Crippen MR) is 114 cm³/mol. The number of amides is 1. The van der Waals surface area contributed by atoms with Crippen molar-refractivity contribution in [2.24, 2.45) is 0 Å². The van der Waals surface area contributed by atoms with Gasteiger partial charge in [0.2, 0.25) is 5.91 Å². The highest BCUT2D eigenvalue weighted by atomic mass is 35.5. The van der Waals surface area contributed by atoms with Crippen LogP contribution in [-0.4, -0.2) is 20.1 Å². The number of carbonyl (C=O) groups excluding carboxylic acids is 1. The number of hydrogen-bond donors (Lipinski definition) is 1. The maximum Gasteiger partial charge on any atom is 0.273 e. The Morgan fingerprint density at radius 3 is 2.66 bits per heavy atom. The number of aromatic nitrogens is 3. The van der Waals surface area contributed by atoms with E-state index in [0.717, 1.165) is 22.2 Å². The van der Waals surface area contributed by atoms with Crippen LogP contribution in [0.4, 0.5) is 0 Å². The molecule has 0 aliphatic rings. The van der Waals surface area contributed by atoms with Crippen molar-refractivity contribution in [3.8, 4) is 0 Å². The van der Waals surface area contributed by atoms with E-state index in [4.69, 9.17) is 11.6 Å². The van der Waals surface area contributed by atoms with Crippen LogP contribution in [0.5, 0.6) is 0 Å². The van der Waals surface area contributed by atoms with Crippen molar-refractivity contribution in [3.63, 3.8) is 0 Å². The van der Waals surface area contributed by atoms with E-state index in [1.165, 1.54) is 6.07 Å². The molecule has 0 bridgehead atoms. The summed E-state index contributed by atoms with van der Waals surface area (Å²) in [5, 5.41) is 4.46. The first-order valence-corrected chi connectivity index (χ1v) is 9.89. The van der Waals surface area contributed by atoms with Gasteiger partial charge in [-0.1, -0.05) is 48.9 Å². The van der Waals surface area contributed by atoms with Gasteiger partial charge in [-0.25, -0.2) is 4.52 Å². The highest BCUT2D eigenvalue weighted by molar-refractivity contribution is 6.31. The highest BCUT2D eigenvalue weighted by Crippen LogP contribution is 2.26. The number of halogens is 1. The van der Waals surface area contributed by atoms with Gasteiger partial charge in [-0.2, -0.15) is 4.98 Å². The molecule has 0 aliphatic carbocycles. The smallest absolute Gasteiger partial charge is 0.273 e. The van der Waals surface area contributed by atoms with E-state index in [1.54, 1.807) is 6.07 Å². The number of hydrogen-bond acceptors (Lipinski definition) is 3. The highest BCUT2D eigenvalue weighted by Gasteiger charge is 2.24. The fraction of sp³-hybridized carbons (Fsp3) is 0.227. The van der Waals surface area contributed by atoms with Crippen molar-refractivity contribution < 1.29 is 4.79 Å². The fourth-order valence-corrected chi connectivity index (χ4v) is 3.93. The molecule has 0 aliphatic heterocycles. The third-order valence-corrected chi connectivity index (χ3v) is 5.45. The van der Waals surface area contributed by atoms with Gasteiger partial charge in [0, 0.05) is 28.7 Å². The lowest BCUT2D eigenvalue weighted by molar-refractivity contribution is -0.124. The van der Waals surface area contributed by atoms with E-state index in [9.17, 15) is 9.59 Å². The maximum atomic E-state index is 13.2. The number of benzene rings is 2. The molecule has 0 radical (unpaired) electrons. The summed E-state index contributed by atoms with van der Waals surface area (Å²) in [7, 11) is 0. The standard InChI is InChI=1S/C22H21ClN4O2/c1-3-18(22(29)24-13-15-8-4-6-10-17(15)23)27-19-11-7-5-9-16(19)21-25-20(28)12-14(2)26(21)27/h4-12,18H,3,13H2,1-2H3,(H,24,29)/t18-/m1/s1. The molecule has 0 saturated carbocycles. The van der Waals surface area contributed by atoms with Crippen LogP contribution in [0.15, 0.2) is 59.4 Å². The monoisotopic (exact) mass is 408 g/mol. The minimum atomic E-state index is -0.470. The number of para-hydroxylation sites is 1. The van der Waals surface area contributed by atoms with Gasteiger partial charge in [0.15, 0.2) is 5.65 Å². The molecule has 6 nitrogen and oxygen atoms in total. The van der Waals surface area contributed by atoms with Gasteiger partial charge in [0.1, 0.15) is 6.04 Å². The molecular formula is C22H21ClN4O2. The second kappa shape index (κ2) is 7.72. The Labute approximate surface area is 172 Å². The molecule has 4 aromatic rings. The van der Waals surface area contributed by atoms with Gasteiger partial charge in [-0.05, 0) is 37.1 Å². The molecule has 0 fully saturated rings. The Bertz CT molecular complexity index is 1280. The molecule has 1 atom stereocenters. The summed E-state index contributed by atoms with van der Waals surface area (Å²) >= 11 is 6.21. The summed E-state index contributed by atoms with van der Waals surface area (Å²) in [4.78, 5) is 29.4. The second-order valence-corrected chi connectivity index (χ2v) is 7.37. The number of carbonyl (C=O) groups is 1. The zero-order chi connectivity index (χ0) is 20.5. The lowest BCUT2D eigenvalue weighted by atomic mass is 10.1. The van der Waals surface area contributed by atoms with Gasteiger partial charge in [0.25, 0.3) is 5.56 Å². The lowest BCUT2D eigenvalue weighted by Gasteiger charge is -2.20. The Hall–Kier alpha value is -3.12. The largest absolute Gasteiger partial charge is 0.350 e. The van der Waals surface area contributed by atoms with Crippen LogP contribution in [-0.2, 0) is 11.3 Å². The SMILES string of the molecule is CC[C@H](C(=O)NCc1ccccc1Cl)n1c2ccccc2c2nc(=O)cc(C)n21. The van der Waals surface area contributed by atoms with Crippen molar-refractivity contribution in [2.45, 2.75) is 32.9 Å². The molecule has 2 heterocycles. The predicted octanol–water partition coefficient (Wildman–Crippen LogP) is 3.88. The Morgan fingerprint density at radius 1 is 1.17 bits per heavy atom. The van der Waals surface area contributed by atoms with Crippen molar-refractivity contribution in [2.75, 3.05) is 0 Å². The Morgan fingerprint density at radius 2 is 1.90 bits per heavy atom. The summed E-state index contributed by atoms with van der Waals surface area (Å²) in [6.07, 6.45) is 0.577. The molecule has 7 heteroatoms. The zero-order valence-electron chi connectivity index (χ0n) is 16.2. The third-order valence-electron chi connectivity index (χ3n) is 5.09. The fourth-order valence-electron chi connectivity index (χ4n) is 3.73. The van der Waals surface area contributed by atoms with Crippen molar-refractivity contribution in [1.82, 2.24) is 19.5 Å². The molecule has 1 amide bonds. The van der Waals surface area contributed by atoms with Crippen LogP contribution in [0, 0.1) is 6.92 Å². The Kier molecular flexibility index (Phi) is 5.11. The van der Waals surface area contributed by atoms with Gasteiger partial charge in [0.05, 0.1) is 5.52 Å². The molecule has 0 unspecified atom stereocenters. The van der Waals surface area contributed by atoms with Crippen molar-refractivity contribution >= 4 is 34.1 Å². The van der Waals surface area contributed by atoms with E-state index in [-0.39, 0.29) is 11.5 Å². The molecule has 2 aromatic heterocycles. The number of nitrogens with one attached hydrogen (secondary N) is 1. The van der Waals surface area contributed by atoms with Gasteiger partial charge in [-0.15, -0.1) is 0 Å². The summed E-state index contributed by atoms with van der Waals surface area (Å²) in [6.45, 7) is 4.16. The van der Waals surface area contributed by atoms with Gasteiger partial charge in [-0.3, -0.25) is 14.3 Å². The summed E-state index contributed by atoms with van der Waals surface area (Å²) in [6, 6.07) is 16.1. The van der Waals surface area contributed by atoms with Crippen molar-refractivity contribution in [3.05, 3.63) is 81.2 Å². The Balaban J connectivity index is 1.79. The summed E-state index contributed by atoms with van der Waals surface area (Å²) in [5.41, 5.74) is 2.72. The molecule has 4 rings (SSSR count). The second-order valence-electron chi connectivity index (χ2n) is 6.97. The van der Waals surface area contributed by atoms with E-state index in [2.05, 4.69) is 10.3 Å². The average Bonchev–Trinajstić information content (AvgIpc) is 3.03. The molecule has 29 heavy (non-hydrogen) atoms. The molecule has 0 saturated heterocycles. The number of nitrogens with zero attached hydrogens (tertiary/aromatic N) is 3. The van der Waals surface area contributed by atoms with Gasteiger partial charge < -0.3 is 5.32 Å². The van der Waals surface area contributed by atoms with Crippen LogP contribution in [0.1, 0.15) is 30.6 Å². The normalized spacial score (nSPS) is 12.4. The lowest BCUT2D eigenvalue weighted by Crippen LogP contribution is -2.34. The minimum absolute atomic E-state index is 0.117. The van der Waals surface area contributed by atoms with Crippen molar-refractivity contribution in [1.29, 1.82) is 0 Å². The van der Waals surface area contributed by atoms with Crippen LogP contribution >= 0.6 is 11.6 Å². The molecule has 148 valence electrons. The van der Waals surface area contributed by atoms with Crippen LogP contribution < -0.4 is 10.9 Å². The maximum absolute atomic E-state index is 13.2. The van der Waals surface area contributed by atoms with Crippen LogP contribution in [0.2, 0.25) is 5.02 Å². The number of fused-ring (bicyclic) bond motifs is 3. The van der Waals surface area contributed by atoms with E-state index < -0.39 is 6.04 Å². The third kappa shape index (κ3) is 3.40. The first-order chi connectivity index (χ1) is 14.0. The quantitative estimate of drug-likeness (QED) is 0.545. The molecular weight excluding hydrogens is 388 g/mol. The first-order valence-electron chi connectivity index (χ1n) is 9.52. The van der Waals surface area contributed by atoms with E-state index in [1.807, 2.05) is 65.5 Å². The van der Waals surface area contributed by atoms with E-state index >= 15 is 0 Å². The van der Waals surface area contributed by atoms with Crippen LogP contribution in [0.25, 0.3) is 16.6 Å². The number of aryl methyl sites for hydroxylation is 1. The first kappa shape index (κ1) is 19.2. The molecule has 0 spiro atoms. The molecule has 1 N–H and O–H groups in total. The van der Waals surface area contributed by atoms with Gasteiger partial charge >= 0.3 is 0 Å². The minimum Gasteiger partial charge on any atom is -0.350 e. The van der Waals surface area contributed by atoms with E-state index in [0.29, 0.717) is 23.6 Å². The average molecular weight is 409 g/mol. The number of rotatable bonds is 5.